The van der Waals surface area contributed by atoms with Crippen LogP contribution in [0.4, 0.5) is 0 Å². The smallest absolute Gasteiger partial charge is 0.220 e. The van der Waals surface area contributed by atoms with Gasteiger partial charge in [-0.05, 0) is 13.8 Å². The summed E-state index contributed by atoms with van der Waals surface area (Å²) in [7, 11) is 0. The molecule has 0 radical (unpaired) electrons. The Balaban J connectivity index is 4.14. The van der Waals surface area contributed by atoms with E-state index in [-0.39, 0.29) is 11.7 Å². The highest BCUT2D eigenvalue weighted by atomic mass is 16.3. The second-order valence-electron chi connectivity index (χ2n) is 2.75. The van der Waals surface area contributed by atoms with Crippen molar-refractivity contribution in [3.05, 3.63) is 0 Å². The van der Waals surface area contributed by atoms with Crippen LogP contribution in [0.5, 0.6) is 0 Å². The van der Waals surface area contributed by atoms with Crippen LogP contribution in [0, 0.1) is 0 Å². The molecule has 12 heavy (non-hydrogen) atoms. The third-order valence-electron chi connectivity index (χ3n) is 1.56. The summed E-state index contributed by atoms with van der Waals surface area (Å²) in [5, 5.41) is 11.5. The Hall–Kier alpha value is -0.900. The van der Waals surface area contributed by atoms with E-state index in [1.807, 2.05) is 0 Å². The van der Waals surface area contributed by atoms with E-state index >= 15 is 0 Å². The van der Waals surface area contributed by atoms with E-state index in [0.717, 1.165) is 0 Å². The molecule has 70 valence electrons. The molecule has 0 aromatic rings. The fourth-order valence-electron chi connectivity index (χ4n) is 0.837. The molecular formula is C8H15NO3. The lowest BCUT2D eigenvalue weighted by Gasteiger charge is -2.17. The molecule has 0 unspecified atom stereocenters. The Morgan fingerprint density at radius 1 is 1.50 bits per heavy atom. The van der Waals surface area contributed by atoms with Gasteiger partial charge in [-0.25, -0.2) is 0 Å². The second-order valence-corrected chi connectivity index (χ2v) is 2.75. The number of hydrogen-bond donors (Lipinski definition) is 2. The van der Waals surface area contributed by atoms with Crippen LogP contribution in [-0.4, -0.2) is 28.9 Å². The number of hydrogen-bond acceptors (Lipinski definition) is 3. The molecule has 4 nitrogen and oxygen atoms in total. The van der Waals surface area contributed by atoms with Gasteiger partial charge in [-0.2, -0.15) is 0 Å². The van der Waals surface area contributed by atoms with Crippen LogP contribution in [-0.2, 0) is 9.59 Å². The third-order valence-corrected chi connectivity index (χ3v) is 1.56. The van der Waals surface area contributed by atoms with Gasteiger partial charge in [0.2, 0.25) is 5.91 Å². The predicted octanol–water partition coefficient (Wildman–Crippen LogP) is -0.149. The van der Waals surface area contributed by atoms with Crippen LogP contribution in [0.25, 0.3) is 0 Å². The molecule has 1 amide bonds. The summed E-state index contributed by atoms with van der Waals surface area (Å²) in [6, 6.07) is -0.766. The molecule has 0 spiro atoms. The summed E-state index contributed by atoms with van der Waals surface area (Å²) in [4.78, 5) is 21.7. The standard InChI is InChI=1S/C8H15NO3/c1-4-7(12)9-8(5(2)10)6(3)11/h5,8,10H,4H2,1-3H3,(H,9,12)/t5-,8+/m1/s1. The lowest BCUT2D eigenvalue weighted by Crippen LogP contribution is -2.46. The zero-order valence-corrected chi connectivity index (χ0v) is 7.63. The largest absolute Gasteiger partial charge is 0.391 e. The van der Waals surface area contributed by atoms with Gasteiger partial charge in [0, 0.05) is 6.42 Å². The normalized spacial score (nSPS) is 15.0. The summed E-state index contributed by atoms with van der Waals surface area (Å²) >= 11 is 0. The number of carbonyl (C=O) groups excluding carboxylic acids is 2. The first-order valence-electron chi connectivity index (χ1n) is 3.97. The van der Waals surface area contributed by atoms with Crippen molar-refractivity contribution in [1.82, 2.24) is 5.32 Å². The Bertz CT molecular complexity index is 177. The van der Waals surface area contributed by atoms with Gasteiger partial charge in [-0.15, -0.1) is 0 Å². The number of nitrogens with one attached hydrogen (secondary N) is 1. The van der Waals surface area contributed by atoms with Gasteiger partial charge in [0.1, 0.15) is 6.04 Å². The minimum atomic E-state index is -0.835. The summed E-state index contributed by atoms with van der Waals surface area (Å²) < 4.78 is 0. The van der Waals surface area contributed by atoms with Crippen LogP contribution in [0.15, 0.2) is 0 Å². The number of carbonyl (C=O) groups is 2. The van der Waals surface area contributed by atoms with Gasteiger partial charge in [-0.1, -0.05) is 6.92 Å². The van der Waals surface area contributed by atoms with E-state index in [1.54, 1.807) is 6.92 Å². The third kappa shape index (κ3) is 3.48. The van der Waals surface area contributed by atoms with E-state index in [0.29, 0.717) is 6.42 Å². The molecule has 0 heterocycles. The zero-order chi connectivity index (χ0) is 9.72. The maximum Gasteiger partial charge on any atom is 0.220 e. The SMILES string of the molecule is CCC(=O)N[C@H](C(C)=O)[C@@H](C)O. The summed E-state index contributed by atoms with van der Waals surface area (Å²) in [6.45, 7) is 4.50. The van der Waals surface area contributed by atoms with Gasteiger partial charge < -0.3 is 10.4 Å². The second kappa shape index (κ2) is 4.87. The monoisotopic (exact) mass is 173 g/mol. The topological polar surface area (TPSA) is 66.4 Å². The fourth-order valence-corrected chi connectivity index (χ4v) is 0.837. The van der Waals surface area contributed by atoms with E-state index in [4.69, 9.17) is 5.11 Å². The molecule has 2 N–H and O–H groups in total. The number of amides is 1. The highest BCUT2D eigenvalue weighted by molar-refractivity contribution is 5.87. The van der Waals surface area contributed by atoms with E-state index < -0.39 is 12.1 Å². The van der Waals surface area contributed by atoms with Gasteiger partial charge in [-0.3, -0.25) is 9.59 Å². The van der Waals surface area contributed by atoms with Gasteiger partial charge in [0.05, 0.1) is 6.10 Å². The van der Waals surface area contributed by atoms with E-state index in [2.05, 4.69) is 5.32 Å². The quantitative estimate of drug-likeness (QED) is 0.621. The van der Waals surface area contributed by atoms with Crippen LogP contribution in [0.1, 0.15) is 27.2 Å². The fraction of sp³-hybridized carbons (Fsp3) is 0.750. The van der Waals surface area contributed by atoms with Crippen molar-refractivity contribution in [3.63, 3.8) is 0 Å². The first-order valence-corrected chi connectivity index (χ1v) is 3.97. The van der Waals surface area contributed by atoms with Crippen LogP contribution >= 0.6 is 0 Å². The number of ketones is 1. The van der Waals surface area contributed by atoms with Crippen molar-refractivity contribution >= 4 is 11.7 Å². The molecule has 0 aromatic carbocycles. The van der Waals surface area contributed by atoms with Gasteiger partial charge >= 0.3 is 0 Å². The van der Waals surface area contributed by atoms with Crippen LogP contribution in [0.2, 0.25) is 0 Å². The minimum Gasteiger partial charge on any atom is -0.391 e. The van der Waals surface area contributed by atoms with Gasteiger partial charge in [0.15, 0.2) is 5.78 Å². The number of aliphatic hydroxyl groups excluding tert-OH is 1. The Kier molecular flexibility index (Phi) is 4.51. The first kappa shape index (κ1) is 11.1. The van der Waals surface area contributed by atoms with Crippen molar-refractivity contribution in [2.45, 2.75) is 39.3 Å². The number of aliphatic hydroxyl groups is 1. The van der Waals surface area contributed by atoms with Crippen molar-refractivity contribution < 1.29 is 14.7 Å². The molecule has 0 saturated heterocycles. The Morgan fingerprint density at radius 2 is 2.00 bits per heavy atom. The molecule has 0 fully saturated rings. The maximum atomic E-state index is 10.9. The average molecular weight is 173 g/mol. The predicted molar refractivity (Wildman–Crippen MR) is 44.6 cm³/mol. The summed E-state index contributed by atoms with van der Waals surface area (Å²) in [6.07, 6.45) is -0.519. The summed E-state index contributed by atoms with van der Waals surface area (Å²) in [5.41, 5.74) is 0. The molecule has 0 aliphatic carbocycles. The lowest BCUT2D eigenvalue weighted by molar-refractivity contribution is -0.128. The summed E-state index contributed by atoms with van der Waals surface area (Å²) in [5.74, 6) is -0.456. The van der Waals surface area contributed by atoms with Crippen LogP contribution < -0.4 is 5.32 Å². The molecule has 0 aliphatic heterocycles. The highest BCUT2D eigenvalue weighted by Crippen LogP contribution is 1.94. The Morgan fingerprint density at radius 3 is 2.25 bits per heavy atom. The molecule has 2 atom stereocenters. The molecule has 0 aliphatic rings. The van der Waals surface area contributed by atoms with Crippen LogP contribution in [0.3, 0.4) is 0 Å². The Labute approximate surface area is 72.0 Å². The van der Waals surface area contributed by atoms with Crippen molar-refractivity contribution in [2.24, 2.45) is 0 Å². The minimum absolute atomic E-state index is 0.226. The number of rotatable bonds is 4. The van der Waals surface area contributed by atoms with Crippen molar-refractivity contribution in [3.8, 4) is 0 Å². The number of Topliss-reactive ketones (excluding diaryl/α,β-unsaturated/α-hetero) is 1. The molecule has 0 rings (SSSR count). The van der Waals surface area contributed by atoms with E-state index in [1.165, 1.54) is 13.8 Å². The highest BCUT2D eigenvalue weighted by Gasteiger charge is 2.20. The van der Waals surface area contributed by atoms with Crippen molar-refractivity contribution in [2.75, 3.05) is 0 Å². The lowest BCUT2D eigenvalue weighted by atomic mass is 10.1. The average Bonchev–Trinajstić information content (AvgIpc) is 1.98. The molecular weight excluding hydrogens is 158 g/mol. The van der Waals surface area contributed by atoms with E-state index in [9.17, 15) is 9.59 Å². The van der Waals surface area contributed by atoms with Crippen molar-refractivity contribution in [1.29, 1.82) is 0 Å². The molecule has 4 heteroatoms. The maximum absolute atomic E-state index is 10.9. The molecule has 0 aromatic heterocycles. The van der Waals surface area contributed by atoms with Gasteiger partial charge in [0.25, 0.3) is 0 Å². The molecule has 0 saturated carbocycles. The zero-order valence-electron chi connectivity index (χ0n) is 7.63. The molecule has 0 bridgehead atoms. The first-order chi connectivity index (χ1) is 5.49.